The normalized spacial score (nSPS) is 17.2. The molecule has 3 aromatic rings. The second-order valence-electron chi connectivity index (χ2n) is 6.90. The van der Waals surface area contributed by atoms with Crippen LogP contribution in [0.25, 0.3) is 11.8 Å². The van der Waals surface area contributed by atoms with E-state index < -0.39 is 29.6 Å². The molecule has 0 atom stereocenters. The summed E-state index contributed by atoms with van der Waals surface area (Å²) in [6.07, 6.45) is 6.79. The van der Waals surface area contributed by atoms with Crippen molar-refractivity contribution in [3.63, 3.8) is 0 Å². The number of aromatic nitrogens is 2. The number of rotatable bonds is 4. The van der Waals surface area contributed by atoms with Gasteiger partial charge in [-0.05, 0) is 47.7 Å². The first-order valence-electron chi connectivity index (χ1n) is 9.32. The molecule has 0 N–H and O–H groups in total. The summed E-state index contributed by atoms with van der Waals surface area (Å²) in [4.78, 5) is 56.4. The Labute approximate surface area is 180 Å². The zero-order chi connectivity index (χ0) is 21.5. The number of imide groups is 2. The molecular formula is C22H14N4O4S. The van der Waals surface area contributed by atoms with Crippen LogP contribution in [0.15, 0.2) is 72.2 Å². The minimum Gasteiger partial charge on any atom is -0.306 e. The van der Waals surface area contributed by atoms with Gasteiger partial charge < -0.3 is 4.57 Å². The van der Waals surface area contributed by atoms with Gasteiger partial charge in [-0.25, -0.2) is 9.88 Å². The second-order valence-corrected chi connectivity index (χ2v) is 7.89. The van der Waals surface area contributed by atoms with Crippen molar-refractivity contribution in [2.24, 2.45) is 0 Å². The smallest absolute Gasteiger partial charge is 0.295 e. The minimum absolute atomic E-state index is 0.233. The summed E-state index contributed by atoms with van der Waals surface area (Å²) in [5.74, 6) is -1.57. The molecule has 0 radical (unpaired) electrons. The van der Waals surface area contributed by atoms with Crippen LogP contribution >= 0.6 is 11.8 Å². The fourth-order valence-corrected chi connectivity index (χ4v) is 4.27. The topological polar surface area (TPSA) is 92.6 Å². The summed E-state index contributed by atoms with van der Waals surface area (Å²) in [5, 5.41) is -0.525. The molecule has 2 aliphatic rings. The number of nitrogens with zero attached hydrogens (tertiary/aromatic N) is 4. The van der Waals surface area contributed by atoms with Crippen molar-refractivity contribution < 1.29 is 19.2 Å². The third-order valence-corrected chi connectivity index (χ3v) is 5.94. The van der Waals surface area contributed by atoms with Crippen LogP contribution in [0, 0.1) is 0 Å². The number of fused-ring (bicyclic) bond motifs is 1. The molecule has 0 spiro atoms. The number of imidazole rings is 1. The minimum atomic E-state index is -0.537. The average Bonchev–Trinajstić information content (AvgIpc) is 3.46. The first-order chi connectivity index (χ1) is 15.0. The molecule has 152 valence electrons. The average molecular weight is 430 g/mol. The van der Waals surface area contributed by atoms with Gasteiger partial charge in [0.1, 0.15) is 6.67 Å². The SMILES string of the molecule is O=C1SC(=Cc2ccc(-n3ccnc3)cc2)C(=O)N1CN1C(=O)c2ccccc2C1=O. The van der Waals surface area contributed by atoms with Gasteiger partial charge in [0.2, 0.25) is 0 Å². The molecule has 2 aliphatic heterocycles. The van der Waals surface area contributed by atoms with Crippen LogP contribution in [0.4, 0.5) is 4.79 Å². The largest absolute Gasteiger partial charge is 0.306 e. The van der Waals surface area contributed by atoms with Crippen LogP contribution in [0.1, 0.15) is 26.3 Å². The van der Waals surface area contributed by atoms with E-state index in [0.717, 1.165) is 32.8 Å². The van der Waals surface area contributed by atoms with E-state index in [2.05, 4.69) is 4.98 Å². The van der Waals surface area contributed by atoms with Crippen molar-refractivity contribution in [1.82, 2.24) is 19.4 Å². The molecule has 1 fully saturated rings. The molecule has 0 bridgehead atoms. The van der Waals surface area contributed by atoms with E-state index in [9.17, 15) is 19.2 Å². The van der Waals surface area contributed by atoms with E-state index in [4.69, 9.17) is 0 Å². The molecular weight excluding hydrogens is 416 g/mol. The van der Waals surface area contributed by atoms with Crippen molar-refractivity contribution in [1.29, 1.82) is 0 Å². The van der Waals surface area contributed by atoms with Gasteiger partial charge in [-0.3, -0.25) is 24.1 Å². The van der Waals surface area contributed by atoms with Crippen LogP contribution in [-0.2, 0) is 4.79 Å². The molecule has 3 heterocycles. The lowest BCUT2D eigenvalue weighted by molar-refractivity contribution is -0.123. The van der Waals surface area contributed by atoms with E-state index in [1.54, 1.807) is 42.9 Å². The highest BCUT2D eigenvalue weighted by atomic mass is 32.2. The predicted molar refractivity (Wildman–Crippen MR) is 113 cm³/mol. The Balaban J connectivity index is 1.34. The molecule has 0 saturated carbocycles. The van der Waals surface area contributed by atoms with Crippen molar-refractivity contribution in [3.8, 4) is 5.69 Å². The number of hydrogen-bond acceptors (Lipinski definition) is 6. The summed E-state index contributed by atoms with van der Waals surface area (Å²) in [6, 6.07) is 13.8. The van der Waals surface area contributed by atoms with Gasteiger partial charge in [0.05, 0.1) is 22.4 Å². The summed E-state index contributed by atoms with van der Waals surface area (Å²) >= 11 is 0.782. The molecule has 4 amide bonds. The monoisotopic (exact) mass is 430 g/mol. The molecule has 2 aromatic carbocycles. The third-order valence-electron chi connectivity index (χ3n) is 5.03. The Kier molecular flexibility index (Phi) is 4.52. The zero-order valence-corrected chi connectivity index (χ0v) is 16.8. The van der Waals surface area contributed by atoms with Crippen LogP contribution < -0.4 is 0 Å². The highest BCUT2D eigenvalue weighted by Crippen LogP contribution is 2.33. The number of carbonyl (C=O) groups excluding carboxylic acids is 4. The van der Waals surface area contributed by atoms with Gasteiger partial charge in [0, 0.05) is 18.1 Å². The van der Waals surface area contributed by atoms with Crippen molar-refractivity contribution in [2.45, 2.75) is 0 Å². The lowest BCUT2D eigenvalue weighted by Crippen LogP contribution is -2.43. The molecule has 0 unspecified atom stereocenters. The van der Waals surface area contributed by atoms with Crippen LogP contribution in [0.2, 0.25) is 0 Å². The van der Waals surface area contributed by atoms with E-state index >= 15 is 0 Å². The molecule has 8 nitrogen and oxygen atoms in total. The number of amides is 4. The first-order valence-corrected chi connectivity index (χ1v) is 10.1. The maximum Gasteiger partial charge on any atom is 0.295 e. The standard InChI is InChI=1S/C22H14N4O4S/c27-19-16-3-1-2-4-17(16)20(28)25(19)13-26-21(29)18(31-22(26)30)11-14-5-7-15(8-6-14)24-10-9-23-12-24/h1-12H,13H2. The quantitative estimate of drug-likeness (QED) is 0.466. The number of thioether (sulfide) groups is 1. The summed E-state index contributed by atoms with van der Waals surface area (Å²) in [7, 11) is 0. The Morgan fingerprint density at radius 2 is 1.52 bits per heavy atom. The molecule has 0 aliphatic carbocycles. The van der Waals surface area contributed by atoms with Crippen LogP contribution in [0.5, 0.6) is 0 Å². The number of benzene rings is 2. The fraction of sp³-hybridized carbons (Fsp3) is 0.0455. The number of hydrogen-bond donors (Lipinski definition) is 0. The Morgan fingerprint density at radius 1 is 0.839 bits per heavy atom. The second kappa shape index (κ2) is 7.37. The zero-order valence-electron chi connectivity index (χ0n) is 16.0. The summed E-state index contributed by atoms with van der Waals surface area (Å²) in [6.45, 7) is -0.409. The maximum absolute atomic E-state index is 12.8. The third kappa shape index (κ3) is 3.24. The molecule has 1 aromatic heterocycles. The van der Waals surface area contributed by atoms with Gasteiger partial charge >= 0.3 is 0 Å². The molecule has 1 saturated heterocycles. The van der Waals surface area contributed by atoms with E-state index in [1.165, 1.54) is 0 Å². The van der Waals surface area contributed by atoms with Crippen molar-refractivity contribution in [3.05, 3.63) is 88.8 Å². The Morgan fingerprint density at radius 3 is 2.13 bits per heavy atom. The van der Waals surface area contributed by atoms with Gasteiger partial charge in [-0.15, -0.1) is 0 Å². The highest BCUT2D eigenvalue weighted by molar-refractivity contribution is 8.18. The lowest BCUT2D eigenvalue weighted by atomic mass is 10.1. The fourth-order valence-electron chi connectivity index (χ4n) is 3.44. The van der Waals surface area contributed by atoms with Crippen LogP contribution in [0.3, 0.4) is 0 Å². The van der Waals surface area contributed by atoms with Gasteiger partial charge in [-0.1, -0.05) is 24.3 Å². The Hall–Kier alpha value is -3.98. The van der Waals surface area contributed by atoms with Gasteiger partial charge in [0.15, 0.2) is 0 Å². The number of carbonyl (C=O) groups is 4. The maximum atomic E-state index is 12.8. The van der Waals surface area contributed by atoms with Gasteiger partial charge in [0.25, 0.3) is 23.0 Å². The molecule has 9 heteroatoms. The summed E-state index contributed by atoms with van der Waals surface area (Å²) < 4.78 is 1.85. The molecule has 5 rings (SSSR count). The van der Waals surface area contributed by atoms with Crippen molar-refractivity contribution >= 4 is 40.8 Å². The highest BCUT2D eigenvalue weighted by Gasteiger charge is 2.42. The first kappa shape index (κ1) is 19.0. The Bertz CT molecular complexity index is 1230. The van der Waals surface area contributed by atoms with Crippen LogP contribution in [-0.4, -0.2) is 49.0 Å². The van der Waals surface area contributed by atoms with Gasteiger partial charge in [-0.2, -0.15) is 0 Å². The lowest BCUT2D eigenvalue weighted by Gasteiger charge is -2.19. The van der Waals surface area contributed by atoms with E-state index in [1.807, 2.05) is 35.0 Å². The summed E-state index contributed by atoms with van der Waals surface area (Å²) in [5.41, 5.74) is 2.20. The van der Waals surface area contributed by atoms with Crippen molar-refractivity contribution in [2.75, 3.05) is 6.67 Å². The predicted octanol–water partition coefficient (Wildman–Crippen LogP) is 3.16. The van der Waals surface area contributed by atoms with E-state index in [0.29, 0.717) is 0 Å². The molecule has 31 heavy (non-hydrogen) atoms. The van der Waals surface area contributed by atoms with E-state index in [-0.39, 0.29) is 16.0 Å².